The van der Waals surface area contributed by atoms with Crippen molar-refractivity contribution in [2.75, 3.05) is 24.5 Å². The third-order valence-electron chi connectivity index (χ3n) is 5.50. The molecule has 132 valence electrons. The maximum Gasteiger partial charge on any atom is 0.222 e. The zero-order valence-electron chi connectivity index (χ0n) is 14.7. The number of hydrogen-bond donors (Lipinski definition) is 0. The second kappa shape index (κ2) is 6.62. The van der Waals surface area contributed by atoms with Crippen LogP contribution in [0.3, 0.4) is 0 Å². The first kappa shape index (κ1) is 16.3. The van der Waals surface area contributed by atoms with Crippen molar-refractivity contribution < 1.29 is 9.18 Å². The summed E-state index contributed by atoms with van der Waals surface area (Å²) in [5.41, 5.74) is 2.34. The number of rotatable bonds is 2. The number of anilines is 1. The number of aromatic nitrogens is 1. The van der Waals surface area contributed by atoms with Crippen molar-refractivity contribution in [2.45, 2.75) is 45.1 Å². The highest BCUT2D eigenvalue weighted by atomic mass is 19.1. The van der Waals surface area contributed by atoms with Gasteiger partial charge in [-0.3, -0.25) is 4.79 Å². The minimum Gasteiger partial charge on any atom is -0.371 e. The maximum absolute atomic E-state index is 14.1. The standard InChI is InChI=1S/C20H24FN3O/c1-14-13-18(16-5-4-6-17(21)20(16)22-14)23-11-8-15(9-12-23)24-10-3-2-7-19(24)25/h4-6,13,15H,2-3,7-12H2,1H3. The first-order valence-electron chi connectivity index (χ1n) is 9.24. The predicted molar refractivity (Wildman–Crippen MR) is 97.2 cm³/mol. The van der Waals surface area contributed by atoms with E-state index in [4.69, 9.17) is 0 Å². The first-order chi connectivity index (χ1) is 12.1. The Morgan fingerprint density at radius 2 is 1.96 bits per heavy atom. The average Bonchev–Trinajstić information content (AvgIpc) is 2.63. The molecule has 2 aliphatic rings. The van der Waals surface area contributed by atoms with Gasteiger partial charge in [-0.05, 0) is 44.7 Å². The predicted octanol–water partition coefficient (Wildman–Crippen LogP) is 3.66. The Balaban J connectivity index is 1.56. The fraction of sp³-hybridized carbons (Fsp3) is 0.500. The molecule has 4 rings (SSSR count). The van der Waals surface area contributed by atoms with E-state index in [1.165, 1.54) is 6.07 Å². The third kappa shape index (κ3) is 3.08. The molecule has 0 atom stereocenters. The number of aryl methyl sites for hydroxylation is 1. The van der Waals surface area contributed by atoms with Crippen LogP contribution in [-0.4, -0.2) is 41.5 Å². The van der Waals surface area contributed by atoms with Crippen LogP contribution in [0.25, 0.3) is 10.9 Å². The molecule has 5 heteroatoms. The summed E-state index contributed by atoms with van der Waals surface area (Å²) in [6.07, 6.45) is 4.81. The molecule has 2 aliphatic heterocycles. The third-order valence-corrected chi connectivity index (χ3v) is 5.50. The fourth-order valence-corrected chi connectivity index (χ4v) is 4.21. The molecule has 1 aromatic carbocycles. The summed E-state index contributed by atoms with van der Waals surface area (Å²) in [4.78, 5) is 21.0. The molecule has 1 aromatic heterocycles. The lowest BCUT2D eigenvalue weighted by Gasteiger charge is -2.41. The zero-order valence-corrected chi connectivity index (χ0v) is 14.7. The Bertz CT molecular complexity index is 799. The summed E-state index contributed by atoms with van der Waals surface area (Å²) in [6, 6.07) is 7.56. The van der Waals surface area contributed by atoms with Gasteiger partial charge in [-0.25, -0.2) is 9.37 Å². The summed E-state index contributed by atoms with van der Waals surface area (Å²) in [7, 11) is 0. The van der Waals surface area contributed by atoms with Crippen LogP contribution in [0.15, 0.2) is 24.3 Å². The number of nitrogens with zero attached hydrogens (tertiary/aromatic N) is 3. The zero-order chi connectivity index (χ0) is 17.4. The second-order valence-electron chi connectivity index (χ2n) is 7.18. The number of likely N-dealkylation sites (tertiary alicyclic amines) is 1. The molecule has 0 bridgehead atoms. The van der Waals surface area contributed by atoms with Gasteiger partial charge < -0.3 is 9.80 Å². The molecule has 0 unspecified atom stereocenters. The van der Waals surface area contributed by atoms with E-state index < -0.39 is 0 Å². The van der Waals surface area contributed by atoms with E-state index in [1.807, 2.05) is 19.1 Å². The molecule has 25 heavy (non-hydrogen) atoms. The van der Waals surface area contributed by atoms with Crippen LogP contribution >= 0.6 is 0 Å². The molecule has 2 fully saturated rings. The topological polar surface area (TPSA) is 36.4 Å². The number of pyridine rings is 1. The Labute approximate surface area is 147 Å². The Morgan fingerprint density at radius 1 is 1.16 bits per heavy atom. The number of fused-ring (bicyclic) bond motifs is 1. The van der Waals surface area contributed by atoms with E-state index in [0.29, 0.717) is 23.9 Å². The van der Waals surface area contributed by atoms with Crippen molar-refractivity contribution in [1.82, 2.24) is 9.88 Å². The van der Waals surface area contributed by atoms with E-state index in [9.17, 15) is 9.18 Å². The fourth-order valence-electron chi connectivity index (χ4n) is 4.21. The van der Waals surface area contributed by atoms with Gasteiger partial charge in [0, 0.05) is 48.9 Å². The Morgan fingerprint density at radius 3 is 2.72 bits per heavy atom. The number of carbonyl (C=O) groups excluding carboxylic acids is 1. The van der Waals surface area contributed by atoms with Crippen LogP contribution in [0.1, 0.15) is 37.8 Å². The summed E-state index contributed by atoms with van der Waals surface area (Å²) in [5, 5.41) is 0.873. The molecule has 2 saturated heterocycles. The van der Waals surface area contributed by atoms with Crippen LogP contribution in [0, 0.1) is 12.7 Å². The van der Waals surface area contributed by atoms with E-state index in [-0.39, 0.29) is 5.82 Å². The molecule has 0 N–H and O–H groups in total. The summed E-state index contributed by atoms with van der Waals surface area (Å²) < 4.78 is 14.1. The van der Waals surface area contributed by atoms with Gasteiger partial charge >= 0.3 is 0 Å². The number of carbonyl (C=O) groups is 1. The molecule has 0 saturated carbocycles. The monoisotopic (exact) mass is 341 g/mol. The lowest BCUT2D eigenvalue weighted by atomic mass is 9.98. The molecule has 1 amide bonds. The van der Waals surface area contributed by atoms with Gasteiger partial charge in [0.15, 0.2) is 0 Å². The number of para-hydroxylation sites is 1. The number of hydrogen-bond acceptors (Lipinski definition) is 3. The molecular weight excluding hydrogens is 317 g/mol. The molecule has 0 radical (unpaired) electrons. The van der Waals surface area contributed by atoms with Gasteiger partial charge in [0.1, 0.15) is 11.3 Å². The van der Waals surface area contributed by atoms with Crippen molar-refractivity contribution in [3.05, 3.63) is 35.8 Å². The number of piperidine rings is 2. The van der Waals surface area contributed by atoms with E-state index in [1.54, 1.807) is 6.07 Å². The van der Waals surface area contributed by atoms with Crippen LogP contribution in [-0.2, 0) is 4.79 Å². The number of benzene rings is 1. The lowest BCUT2D eigenvalue weighted by molar-refractivity contribution is -0.136. The van der Waals surface area contributed by atoms with Crippen molar-refractivity contribution in [1.29, 1.82) is 0 Å². The van der Waals surface area contributed by atoms with Gasteiger partial charge in [0.05, 0.1) is 0 Å². The lowest BCUT2D eigenvalue weighted by Crippen LogP contribution is -2.49. The van der Waals surface area contributed by atoms with Crippen molar-refractivity contribution in [3.8, 4) is 0 Å². The molecular formula is C20H24FN3O. The smallest absolute Gasteiger partial charge is 0.222 e. The number of amides is 1. The maximum atomic E-state index is 14.1. The van der Waals surface area contributed by atoms with Gasteiger partial charge in [-0.15, -0.1) is 0 Å². The summed E-state index contributed by atoms with van der Waals surface area (Å²) >= 11 is 0. The summed E-state index contributed by atoms with van der Waals surface area (Å²) in [6.45, 7) is 4.60. The number of halogens is 1. The molecule has 2 aromatic rings. The SMILES string of the molecule is Cc1cc(N2CCC(N3CCCCC3=O)CC2)c2cccc(F)c2n1. The normalized spacial score (nSPS) is 19.7. The van der Waals surface area contributed by atoms with Crippen molar-refractivity contribution in [3.63, 3.8) is 0 Å². The van der Waals surface area contributed by atoms with E-state index in [0.717, 1.165) is 62.1 Å². The van der Waals surface area contributed by atoms with Crippen molar-refractivity contribution >= 4 is 22.5 Å². The second-order valence-corrected chi connectivity index (χ2v) is 7.18. The minimum atomic E-state index is -0.267. The van der Waals surface area contributed by atoms with Gasteiger partial charge in [-0.1, -0.05) is 12.1 Å². The van der Waals surface area contributed by atoms with Gasteiger partial charge in [0.2, 0.25) is 5.91 Å². The highest BCUT2D eigenvalue weighted by Gasteiger charge is 2.30. The van der Waals surface area contributed by atoms with Gasteiger partial charge in [0.25, 0.3) is 0 Å². The van der Waals surface area contributed by atoms with Crippen LogP contribution in [0.2, 0.25) is 0 Å². The van der Waals surface area contributed by atoms with Crippen LogP contribution < -0.4 is 4.90 Å². The van der Waals surface area contributed by atoms with Crippen LogP contribution in [0.5, 0.6) is 0 Å². The Hall–Kier alpha value is -2.17. The largest absolute Gasteiger partial charge is 0.371 e. The average molecular weight is 341 g/mol. The Kier molecular flexibility index (Phi) is 4.32. The minimum absolute atomic E-state index is 0.267. The van der Waals surface area contributed by atoms with Crippen molar-refractivity contribution in [2.24, 2.45) is 0 Å². The first-order valence-corrected chi connectivity index (χ1v) is 9.24. The summed E-state index contributed by atoms with van der Waals surface area (Å²) in [5.74, 6) is 0.0493. The molecule has 3 heterocycles. The highest BCUT2D eigenvalue weighted by Crippen LogP contribution is 2.31. The quantitative estimate of drug-likeness (QED) is 0.836. The van der Waals surface area contributed by atoms with Gasteiger partial charge in [-0.2, -0.15) is 0 Å². The van der Waals surface area contributed by atoms with Crippen LogP contribution in [0.4, 0.5) is 10.1 Å². The highest BCUT2D eigenvalue weighted by molar-refractivity contribution is 5.92. The molecule has 0 spiro atoms. The molecule has 0 aliphatic carbocycles. The van der Waals surface area contributed by atoms with E-state index in [2.05, 4.69) is 14.8 Å². The molecule has 4 nitrogen and oxygen atoms in total. The van der Waals surface area contributed by atoms with E-state index >= 15 is 0 Å².